The van der Waals surface area contributed by atoms with Gasteiger partial charge in [0.15, 0.2) is 0 Å². The molecule has 104 valence electrons. The smallest absolute Gasteiger partial charge is 0.223 e. The minimum atomic E-state index is -0.326. The summed E-state index contributed by atoms with van der Waals surface area (Å²) in [7, 11) is 0. The van der Waals surface area contributed by atoms with Gasteiger partial charge in [-0.3, -0.25) is 4.79 Å². The lowest BCUT2D eigenvalue weighted by molar-refractivity contribution is -0.126. The van der Waals surface area contributed by atoms with Crippen LogP contribution in [0.5, 0.6) is 5.75 Å². The van der Waals surface area contributed by atoms with Gasteiger partial charge in [0.1, 0.15) is 18.2 Å². The first kappa shape index (κ1) is 13.8. The fourth-order valence-electron chi connectivity index (χ4n) is 1.94. The molecule has 1 fully saturated rings. The van der Waals surface area contributed by atoms with Crippen molar-refractivity contribution < 1.29 is 13.9 Å². The molecule has 2 rings (SSSR count). The van der Waals surface area contributed by atoms with Crippen molar-refractivity contribution in [1.29, 1.82) is 0 Å². The number of rotatable bonds is 6. The monoisotopic (exact) mass is 266 g/mol. The summed E-state index contributed by atoms with van der Waals surface area (Å²) in [5, 5.41) is 5.98. The van der Waals surface area contributed by atoms with Crippen LogP contribution in [0.1, 0.15) is 6.92 Å². The van der Waals surface area contributed by atoms with E-state index < -0.39 is 0 Å². The number of amides is 1. The van der Waals surface area contributed by atoms with Crippen LogP contribution in [0, 0.1) is 17.7 Å². The largest absolute Gasteiger partial charge is 0.492 e. The van der Waals surface area contributed by atoms with Gasteiger partial charge in [0, 0.05) is 12.0 Å². The number of ether oxygens (including phenoxy) is 1. The maximum Gasteiger partial charge on any atom is 0.223 e. The highest BCUT2D eigenvalue weighted by Crippen LogP contribution is 2.15. The number of hydrogen-bond donors (Lipinski definition) is 2. The van der Waals surface area contributed by atoms with Crippen molar-refractivity contribution in [2.24, 2.45) is 11.8 Å². The summed E-state index contributed by atoms with van der Waals surface area (Å²) in [6, 6.07) is 5.97. The van der Waals surface area contributed by atoms with Gasteiger partial charge in [0.25, 0.3) is 0 Å². The van der Waals surface area contributed by atoms with E-state index in [0.29, 0.717) is 24.8 Å². The molecule has 0 aromatic heterocycles. The molecule has 1 aliphatic heterocycles. The first-order valence-electron chi connectivity index (χ1n) is 6.53. The molecule has 4 nitrogen and oxygen atoms in total. The molecule has 1 aromatic carbocycles. The van der Waals surface area contributed by atoms with Gasteiger partial charge in [-0.05, 0) is 31.1 Å². The van der Waals surface area contributed by atoms with E-state index in [9.17, 15) is 9.18 Å². The van der Waals surface area contributed by atoms with E-state index >= 15 is 0 Å². The summed E-state index contributed by atoms with van der Waals surface area (Å²) in [4.78, 5) is 11.8. The Labute approximate surface area is 112 Å². The first-order chi connectivity index (χ1) is 9.16. The van der Waals surface area contributed by atoms with Gasteiger partial charge in [0.2, 0.25) is 5.91 Å². The summed E-state index contributed by atoms with van der Waals surface area (Å²) < 4.78 is 18.2. The molecule has 2 N–H and O–H groups in total. The molecule has 1 saturated heterocycles. The van der Waals surface area contributed by atoms with E-state index in [0.717, 1.165) is 13.1 Å². The Bertz CT molecular complexity index is 435. The predicted octanol–water partition coefficient (Wildman–Crippen LogP) is 1.18. The minimum absolute atomic E-state index is 0.0235. The van der Waals surface area contributed by atoms with Gasteiger partial charge < -0.3 is 15.4 Å². The van der Waals surface area contributed by atoms with E-state index in [-0.39, 0.29) is 17.6 Å². The lowest BCUT2D eigenvalue weighted by atomic mass is 9.88. The number of carbonyl (C=O) groups excluding carboxylic acids is 1. The molecular weight excluding hydrogens is 247 g/mol. The molecule has 1 aromatic rings. The number of carbonyl (C=O) groups is 1. The molecule has 0 radical (unpaired) electrons. The van der Waals surface area contributed by atoms with Crippen molar-refractivity contribution in [3.8, 4) is 5.75 Å². The standard InChI is InChI=1S/C14H19FN2O2/c1-10(11-8-16-9-11)14(18)17-5-6-19-13-4-2-3-12(15)7-13/h2-4,7,10-11,16H,5-6,8-9H2,1H3,(H,17,18). The predicted molar refractivity (Wildman–Crippen MR) is 70.4 cm³/mol. The molecule has 1 atom stereocenters. The Balaban J connectivity index is 1.64. The topological polar surface area (TPSA) is 50.4 Å². The number of nitrogens with one attached hydrogen (secondary N) is 2. The summed E-state index contributed by atoms with van der Waals surface area (Å²) >= 11 is 0. The van der Waals surface area contributed by atoms with Gasteiger partial charge in [0.05, 0.1) is 6.54 Å². The average molecular weight is 266 g/mol. The zero-order valence-corrected chi connectivity index (χ0v) is 11.0. The molecule has 19 heavy (non-hydrogen) atoms. The fourth-order valence-corrected chi connectivity index (χ4v) is 1.94. The molecular formula is C14H19FN2O2. The van der Waals surface area contributed by atoms with Crippen molar-refractivity contribution in [3.05, 3.63) is 30.1 Å². The molecule has 1 unspecified atom stereocenters. The Morgan fingerprint density at radius 1 is 1.58 bits per heavy atom. The van der Waals surface area contributed by atoms with Crippen LogP contribution in [0.25, 0.3) is 0 Å². The van der Waals surface area contributed by atoms with E-state index in [1.54, 1.807) is 12.1 Å². The number of halogens is 1. The second-order valence-corrected chi connectivity index (χ2v) is 4.80. The third-order valence-corrected chi connectivity index (χ3v) is 3.40. The highest BCUT2D eigenvalue weighted by Gasteiger charge is 2.28. The quantitative estimate of drug-likeness (QED) is 0.760. The van der Waals surface area contributed by atoms with E-state index in [4.69, 9.17) is 4.74 Å². The van der Waals surface area contributed by atoms with Gasteiger partial charge in [-0.25, -0.2) is 4.39 Å². The maximum absolute atomic E-state index is 12.9. The van der Waals surface area contributed by atoms with Crippen molar-refractivity contribution in [2.75, 3.05) is 26.2 Å². The number of benzene rings is 1. The lowest BCUT2D eigenvalue weighted by Crippen LogP contribution is -2.49. The van der Waals surface area contributed by atoms with Crippen LogP contribution in [-0.2, 0) is 4.79 Å². The van der Waals surface area contributed by atoms with Gasteiger partial charge in [-0.2, -0.15) is 0 Å². The highest BCUT2D eigenvalue weighted by molar-refractivity contribution is 5.78. The molecule has 0 aliphatic carbocycles. The van der Waals surface area contributed by atoms with Crippen LogP contribution in [0.2, 0.25) is 0 Å². The molecule has 1 heterocycles. The van der Waals surface area contributed by atoms with Gasteiger partial charge in [-0.1, -0.05) is 13.0 Å². The van der Waals surface area contributed by atoms with Crippen LogP contribution in [0.15, 0.2) is 24.3 Å². The second kappa shape index (κ2) is 6.52. The Hall–Kier alpha value is -1.62. The highest BCUT2D eigenvalue weighted by atomic mass is 19.1. The molecule has 5 heteroatoms. The van der Waals surface area contributed by atoms with Gasteiger partial charge in [-0.15, -0.1) is 0 Å². The molecule has 1 aliphatic rings. The van der Waals surface area contributed by atoms with Crippen LogP contribution in [-0.4, -0.2) is 32.1 Å². The zero-order chi connectivity index (χ0) is 13.7. The summed E-state index contributed by atoms with van der Waals surface area (Å²) in [6.07, 6.45) is 0. The third-order valence-electron chi connectivity index (χ3n) is 3.40. The lowest BCUT2D eigenvalue weighted by Gasteiger charge is -2.31. The van der Waals surface area contributed by atoms with E-state index in [1.165, 1.54) is 12.1 Å². The maximum atomic E-state index is 12.9. The Kier molecular flexibility index (Phi) is 4.74. The molecule has 0 saturated carbocycles. The van der Waals surface area contributed by atoms with Gasteiger partial charge >= 0.3 is 0 Å². The normalized spacial score (nSPS) is 16.5. The Morgan fingerprint density at radius 3 is 3.00 bits per heavy atom. The average Bonchev–Trinajstić information content (AvgIpc) is 2.32. The first-order valence-corrected chi connectivity index (χ1v) is 6.53. The Morgan fingerprint density at radius 2 is 2.37 bits per heavy atom. The SMILES string of the molecule is CC(C(=O)NCCOc1cccc(F)c1)C1CNC1. The van der Waals surface area contributed by atoms with Crippen LogP contribution < -0.4 is 15.4 Å². The molecule has 1 amide bonds. The summed E-state index contributed by atoms with van der Waals surface area (Å²) in [5.74, 6) is 0.659. The van der Waals surface area contributed by atoms with Crippen LogP contribution >= 0.6 is 0 Å². The molecule has 0 spiro atoms. The van der Waals surface area contributed by atoms with Crippen molar-refractivity contribution in [3.63, 3.8) is 0 Å². The summed E-state index contributed by atoms with van der Waals surface area (Å²) in [6.45, 7) is 4.53. The number of hydrogen-bond acceptors (Lipinski definition) is 3. The zero-order valence-electron chi connectivity index (χ0n) is 11.0. The van der Waals surface area contributed by atoms with Crippen LogP contribution in [0.4, 0.5) is 4.39 Å². The minimum Gasteiger partial charge on any atom is -0.492 e. The van der Waals surface area contributed by atoms with Crippen molar-refractivity contribution >= 4 is 5.91 Å². The van der Waals surface area contributed by atoms with E-state index in [2.05, 4.69) is 10.6 Å². The molecule has 0 bridgehead atoms. The second-order valence-electron chi connectivity index (χ2n) is 4.80. The third kappa shape index (κ3) is 3.92. The summed E-state index contributed by atoms with van der Waals surface area (Å²) in [5.41, 5.74) is 0. The van der Waals surface area contributed by atoms with Crippen LogP contribution in [0.3, 0.4) is 0 Å². The fraction of sp³-hybridized carbons (Fsp3) is 0.500. The van der Waals surface area contributed by atoms with Crippen molar-refractivity contribution in [2.45, 2.75) is 6.92 Å². The van der Waals surface area contributed by atoms with Crippen molar-refractivity contribution in [1.82, 2.24) is 10.6 Å². The van der Waals surface area contributed by atoms with E-state index in [1.807, 2.05) is 6.92 Å².